The fourth-order valence-electron chi connectivity index (χ4n) is 2.94. The molecule has 2 heterocycles. The van der Waals surface area contributed by atoms with Gasteiger partial charge in [-0.1, -0.05) is 12.8 Å². The molecule has 1 amide bonds. The number of aromatic nitrogens is 2. The van der Waals surface area contributed by atoms with Gasteiger partial charge in [-0.3, -0.25) is 14.2 Å². The van der Waals surface area contributed by atoms with Gasteiger partial charge in [-0.25, -0.2) is 0 Å². The van der Waals surface area contributed by atoms with Gasteiger partial charge in [0.25, 0.3) is 11.5 Å². The fraction of sp³-hybridized carbons (Fsp3) is 0.533. The van der Waals surface area contributed by atoms with Crippen molar-refractivity contribution < 1.29 is 9.21 Å². The molecule has 0 spiro atoms. The molecular formula is C15H19N3O3. The first kappa shape index (κ1) is 13.9. The van der Waals surface area contributed by atoms with Crippen molar-refractivity contribution in [3.63, 3.8) is 0 Å². The quantitative estimate of drug-likeness (QED) is 0.914. The second kappa shape index (κ2) is 5.02. The van der Waals surface area contributed by atoms with Gasteiger partial charge < -0.3 is 9.73 Å². The van der Waals surface area contributed by atoms with Crippen molar-refractivity contribution in [2.24, 2.45) is 7.05 Å². The zero-order valence-electron chi connectivity index (χ0n) is 12.5. The van der Waals surface area contributed by atoms with Crippen LogP contribution in [0.4, 0.5) is 0 Å². The first-order valence-electron chi connectivity index (χ1n) is 7.26. The lowest BCUT2D eigenvalue weighted by molar-refractivity contribution is 0.0937. The van der Waals surface area contributed by atoms with Crippen molar-refractivity contribution in [1.29, 1.82) is 0 Å². The normalized spacial score (nSPS) is 15.8. The van der Waals surface area contributed by atoms with Crippen molar-refractivity contribution in [3.8, 4) is 0 Å². The number of amides is 1. The third-order valence-electron chi connectivity index (χ3n) is 4.25. The lowest BCUT2D eigenvalue weighted by Crippen LogP contribution is -2.33. The minimum Gasteiger partial charge on any atom is -0.442 e. The molecule has 0 bridgehead atoms. The summed E-state index contributed by atoms with van der Waals surface area (Å²) in [6.07, 6.45) is 4.27. The van der Waals surface area contributed by atoms with Crippen LogP contribution in [0.5, 0.6) is 0 Å². The lowest BCUT2D eigenvalue weighted by atomic mass is 10.1. The van der Waals surface area contributed by atoms with E-state index < -0.39 is 0 Å². The third kappa shape index (κ3) is 2.24. The minimum absolute atomic E-state index is 0.198. The second-order valence-corrected chi connectivity index (χ2v) is 5.69. The van der Waals surface area contributed by atoms with Crippen LogP contribution >= 0.6 is 0 Å². The van der Waals surface area contributed by atoms with Crippen LogP contribution < -0.4 is 10.9 Å². The van der Waals surface area contributed by atoms with Gasteiger partial charge in [-0.2, -0.15) is 4.98 Å². The molecule has 6 nitrogen and oxygen atoms in total. The predicted octanol–water partition coefficient (Wildman–Crippen LogP) is 1.82. The molecule has 0 aliphatic heterocycles. The van der Waals surface area contributed by atoms with E-state index >= 15 is 0 Å². The van der Waals surface area contributed by atoms with Crippen molar-refractivity contribution in [2.45, 2.75) is 45.6 Å². The summed E-state index contributed by atoms with van der Waals surface area (Å²) < 4.78 is 6.95. The van der Waals surface area contributed by atoms with Crippen LogP contribution in [0.3, 0.4) is 0 Å². The number of hydrogen-bond acceptors (Lipinski definition) is 4. The summed E-state index contributed by atoms with van der Waals surface area (Å²) in [5.74, 6) is 0.764. The van der Waals surface area contributed by atoms with Gasteiger partial charge in [0, 0.05) is 13.1 Å². The van der Waals surface area contributed by atoms with Gasteiger partial charge in [0.2, 0.25) is 5.71 Å². The Hall–Kier alpha value is -2.11. The van der Waals surface area contributed by atoms with Gasteiger partial charge in [-0.05, 0) is 26.7 Å². The van der Waals surface area contributed by atoms with E-state index in [9.17, 15) is 9.59 Å². The summed E-state index contributed by atoms with van der Waals surface area (Å²) in [4.78, 5) is 29.2. The molecule has 21 heavy (non-hydrogen) atoms. The molecule has 0 aromatic carbocycles. The van der Waals surface area contributed by atoms with E-state index in [-0.39, 0.29) is 28.6 Å². The average Bonchev–Trinajstić information content (AvgIpc) is 3.03. The number of aryl methyl sites for hydroxylation is 2. The van der Waals surface area contributed by atoms with E-state index in [0.29, 0.717) is 17.1 Å². The summed E-state index contributed by atoms with van der Waals surface area (Å²) >= 11 is 0. The summed E-state index contributed by atoms with van der Waals surface area (Å²) in [6.45, 7) is 3.43. The number of carbonyl (C=O) groups is 1. The van der Waals surface area contributed by atoms with E-state index in [1.54, 1.807) is 20.9 Å². The Morgan fingerprint density at radius 2 is 2.00 bits per heavy atom. The predicted molar refractivity (Wildman–Crippen MR) is 78.4 cm³/mol. The van der Waals surface area contributed by atoms with Gasteiger partial charge in [-0.15, -0.1) is 0 Å². The van der Waals surface area contributed by atoms with Crippen molar-refractivity contribution in [3.05, 3.63) is 27.5 Å². The Kier molecular flexibility index (Phi) is 3.31. The Morgan fingerprint density at radius 1 is 1.33 bits per heavy atom. The monoisotopic (exact) mass is 289 g/mol. The third-order valence-corrected chi connectivity index (χ3v) is 4.25. The number of nitrogens with zero attached hydrogens (tertiary/aromatic N) is 2. The molecule has 2 aromatic heterocycles. The highest BCUT2D eigenvalue weighted by atomic mass is 16.3. The molecule has 0 unspecified atom stereocenters. The highest BCUT2D eigenvalue weighted by Gasteiger charge is 2.25. The zero-order chi connectivity index (χ0) is 15.1. The van der Waals surface area contributed by atoms with Gasteiger partial charge >= 0.3 is 0 Å². The maximum absolute atomic E-state index is 12.5. The van der Waals surface area contributed by atoms with E-state index in [0.717, 1.165) is 25.7 Å². The molecule has 1 fully saturated rings. The summed E-state index contributed by atoms with van der Waals surface area (Å²) in [5, 5.41) is 3.27. The van der Waals surface area contributed by atoms with Crippen molar-refractivity contribution >= 4 is 17.0 Å². The zero-order valence-corrected chi connectivity index (χ0v) is 12.5. The molecule has 0 atom stereocenters. The van der Waals surface area contributed by atoms with Crippen molar-refractivity contribution in [1.82, 2.24) is 14.9 Å². The number of fused-ring (bicyclic) bond motifs is 1. The molecule has 1 saturated carbocycles. The highest BCUT2D eigenvalue weighted by molar-refractivity contribution is 6.06. The number of nitrogens with one attached hydrogen (secondary N) is 1. The first-order chi connectivity index (χ1) is 9.99. The molecule has 112 valence electrons. The minimum atomic E-state index is -0.245. The molecular weight excluding hydrogens is 270 g/mol. The smallest absolute Gasteiger partial charge is 0.265 e. The molecule has 0 saturated heterocycles. The van der Waals surface area contributed by atoms with Crippen LogP contribution in [0.1, 0.15) is 47.6 Å². The first-order valence-corrected chi connectivity index (χ1v) is 7.26. The molecule has 1 aliphatic carbocycles. The standard InChI is InChI=1S/C15H19N3O3/c1-8-11(13(19)17-10-6-4-5-7-10)12-14(21-8)16-9(2)18(3)15(12)20/h10H,4-7H2,1-3H3,(H,17,19). The van der Waals surface area contributed by atoms with Crippen LogP contribution in [0.15, 0.2) is 9.21 Å². The summed E-state index contributed by atoms with van der Waals surface area (Å²) in [5.41, 5.74) is 0.320. The Balaban J connectivity index is 2.09. The Labute approximate surface area is 122 Å². The summed E-state index contributed by atoms with van der Waals surface area (Å²) in [7, 11) is 1.64. The highest BCUT2D eigenvalue weighted by Crippen LogP contribution is 2.23. The average molecular weight is 289 g/mol. The van der Waals surface area contributed by atoms with Crippen LogP contribution in [0.2, 0.25) is 0 Å². The van der Waals surface area contributed by atoms with Crippen LogP contribution in [0, 0.1) is 13.8 Å². The number of rotatable bonds is 2. The Bertz CT molecular complexity index is 767. The van der Waals surface area contributed by atoms with Crippen molar-refractivity contribution in [2.75, 3.05) is 0 Å². The largest absolute Gasteiger partial charge is 0.442 e. The molecule has 6 heteroatoms. The topological polar surface area (TPSA) is 77.1 Å². The van der Waals surface area contributed by atoms with Crippen LogP contribution in [0.25, 0.3) is 11.1 Å². The maximum atomic E-state index is 12.5. The molecule has 0 radical (unpaired) electrons. The number of hydrogen-bond donors (Lipinski definition) is 1. The molecule has 2 aromatic rings. The lowest BCUT2D eigenvalue weighted by Gasteiger charge is -2.11. The fourth-order valence-corrected chi connectivity index (χ4v) is 2.94. The van der Waals surface area contributed by atoms with Crippen LogP contribution in [-0.4, -0.2) is 21.5 Å². The molecule has 3 rings (SSSR count). The maximum Gasteiger partial charge on any atom is 0.265 e. The second-order valence-electron chi connectivity index (χ2n) is 5.69. The summed E-state index contributed by atoms with van der Waals surface area (Å²) in [6, 6.07) is 0.198. The Morgan fingerprint density at radius 3 is 2.67 bits per heavy atom. The SMILES string of the molecule is Cc1oc2nc(C)n(C)c(=O)c2c1C(=O)NC1CCCC1. The van der Waals surface area contributed by atoms with E-state index in [4.69, 9.17) is 4.42 Å². The van der Waals surface area contributed by atoms with Gasteiger partial charge in [0.15, 0.2) is 0 Å². The number of furan rings is 1. The van der Waals surface area contributed by atoms with Crippen LogP contribution in [-0.2, 0) is 7.05 Å². The molecule has 1 N–H and O–H groups in total. The van der Waals surface area contributed by atoms with E-state index in [1.165, 1.54) is 4.57 Å². The van der Waals surface area contributed by atoms with Gasteiger partial charge in [0.05, 0.1) is 5.56 Å². The molecule has 1 aliphatic rings. The van der Waals surface area contributed by atoms with E-state index in [1.807, 2.05) is 0 Å². The number of carbonyl (C=O) groups excluding carboxylic acids is 1. The van der Waals surface area contributed by atoms with Gasteiger partial charge in [0.1, 0.15) is 17.0 Å². The van der Waals surface area contributed by atoms with E-state index in [2.05, 4.69) is 10.3 Å².